The van der Waals surface area contributed by atoms with Crippen molar-refractivity contribution in [2.45, 2.75) is 31.8 Å². The summed E-state index contributed by atoms with van der Waals surface area (Å²) in [6, 6.07) is 18.7. The molecule has 1 aromatic heterocycles. The third-order valence-electron chi connectivity index (χ3n) is 5.91. The van der Waals surface area contributed by atoms with Gasteiger partial charge in [-0.2, -0.15) is 4.98 Å². The van der Waals surface area contributed by atoms with Gasteiger partial charge in [-0.05, 0) is 37.0 Å². The first kappa shape index (κ1) is 19.6. The predicted molar refractivity (Wildman–Crippen MR) is 119 cm³/mol. The van der Waals surface area contributed by atoms with E-state index in [1.165, 1.54) is 5.56 Å². The Kier molecular flexibility index (Phi) is 5.56. The largest absolute Gasteiger partial charge is 0.423 e. The van der Waals surface area contributed by atoms with E-state index in [9.17, 15) is 4.79 Å². The number of anilines is 1. The Morgan fingerprint density at radius 3 is 2.68 bits per heavy atom. The van der Waals surface area contributed by atoms with Gasteiger partial charge in [-0.3, -0.25) is 4.79 Å². The summed E-state index contributed by atoms with van der Waals surface area (Å²) in [5, 5.41) is 4.19. The van der Waals surface area contributed by atoms with E-state index in [-0.39, 0.29) is 5.91 Å². The van der Waals surface area contributed by atoms with Gasteiger partial charge in [-0.15, -0.1) is 0 Å². The fraction of sp³-hybridized carbons (Fsp3) is 0.375. The Hall–Kier alpha value is -3.35. The van der Waals surface area contributed by atoms with Gasteiger partial charge in [0.25, 0.3) is 11.9 Å². The second kappa shape index (κ2) is 8.79. The molecule has 31 heavy (non-hydrogen) atoms. The summed E-state index contributed by atoms with van der Waals surface area (Å²) in [6.45, 7) is 2.82. The standard InChI is InChI=1S/C24H26N4O3/c29-23(22-17-19(26-31-22)12-11-18-7-2-1-3-8-18)27-13-6-14-28(16-15-27)24-25-20-9-4-5-10-21(20)30-24/h1-5,7-10,22H,6,11-17H2. The molecule has 0 radical (unpaired) electrons. The topological polar surface area (TPSA) is 71.2 Å². The van der Waals surface area contributed by atoms with Crippen LogP contribution in [0.2, 0.25) is 0 Å². The van der Waals surface area contributed by atoms with Gasteiger partial charge in [0.05, 0.1) is 5.71 Å². The van der Waals surface area contributed by atoms with Gasteiger partial charge in [-0.1, -0.05) is 47.6 Å². The quantitative estimate of drug-likeness (QED) is 0.633. The van der Waals surface area contributed by atoms with Crippen molar-refractivity contribution in [1.29, 1.82) is 0 Å². The summed E-state index contributed by atoms with van der Waals surface area (Å²) >= 11 is 0. The van der Waals surface area contributed by atoms with Crippen LogP contribution in [0.15, 0.2) is 64.2 Å². The maximum Gasteiger partial charge on any atom is 0.298 e. The van der Waals surface area contributed by atoms with Gasteiger partial charge in [0.2, 0.25) is 6.10 Å². The highest BCUT2D eigenvalue weighted by Crippen LogP contribution is 2.23. The number of hydrogen-bond donors (Lipinski definition) is 0. The van der Waals surface area contributed by atoms with Crippen molar-refractivity contribution < 1.29 is 14.0 Å². The van der Waals surface area contributed by atoms with Crippen LogP contribution < -0.4 is 4.90 Å². The van der Waals surface area contributed by atoms with E-state index in [1.807, 2.05) is 47.4 Å². The minimum absolute atomic E-state index is 0.0258. The number of rotatable bonds is 5. The Bertz CT molecular complexity index is 1050. The smallest absolute Gasteiger partial charge is 0.298 e. The molecule has 0 aliphatic carbocycles. The molecule has 3 aromatic rings. The van der Waals surface area contributed by atoms with Crippen molar-refractivity contribution in [3.8, 4) is 0 Å². The number of carbonyl (C=O) groups is 1. The van der Waals surface area contributed by atoms with Crippen LogP contribution in [0.1, 0.15) is 24.8 Å². The fourth-order valence-corrected chi connectivity index (χ4v) is 4.17. The molecular formula is C24H26N4O3. The molecule has 5 rings (SSSR count). The van der Waals surface area contributed by atoms with Gasteiger partial charge in [0, 0.05) is 32.6 Å². The maximum absolute atomic E-state index is 13.0. The number of oxazole rings is 1. The van der Waals surface area contributed by atoms with Gasteiger partial charge >= 0.3 is 0 Å². The Balaban J connectivity index is 1.15. The van der Waals surface area contributed by atoms with Gasteiger partial charge < -0.3 is 19.1 Å². The van der Waals surface area contributed by atoms with Crippen molar-refractivity contribution in [1.82, 2.24) is 9.88 Å². The van der Waals surface area contributed by atoms with Crippen molar-refractivity contribution in [2.75, 3.05) is 31.1 Å². The van der Waals surface area contributed by atoms with E-state index in [1.54, 1.807) is 0 Å². The molecule has 2 aromatic carbocycles. The lowest BCUT2D eigenvalue weighted by Gasteiger charge is -2.23. The van der Waals surface area contributed by atoms with E-state index < -0.39 is 6.10 Å². The van der Waals surface area contributed by atoms with E-state index in [0.717, 1.165) is 42.6 Å². The number of hydrogen-bond acceptors (Lipinski definition) is 6. The molecule has 0 saturated carbocycles. The summed E-state index contributed by atoms with van der Waals surface area (Å²) in [7, 11) is 0. The van der Waals surface area contributed by atoms with E-state index >= 15 is 0 Å². The highest BCUT2D eigenvalue weighted by Gasteiger charge is 2.33. The fourth-order valence-electron chi connectivity index (χ4n) is 4.17. The Morgan fingerprint density at radius 2 is 1.81 bits per heavy atom. The molecule has 0 N–H and O–H groups in total. The maximum atomic E-state index is 13.0. The number of para-hydroxylation sites is 2. The molecule has 1 atom stereocenters. The highest BCUT2D eigenvalue weighted by atomic mass is 16.6. The normalized spacial score (nSPS) is 19.2. The number of carbonyl (C=O) groups excluding carboxylic acids is 1. The second-order valence-electron chi connectivity index (χ2n) is 8.07. The molecule has 2 aliphatic heterocycles. The van der Waals surface area contributed by atoms with Crippen molar-refractivity contribution in [3.63, 3.8) is 0 Å². The number of oxime groups is 1. The molecule has 3 heterocycles. The molecule has 1 amide bonds. The first-order chi connectivity index (χ1) is 15.3. The molecule has 7 heteroatoms. The lowest BCUT2D eigenvalue weighted by molar-refractivity contribution is -0.141. The Morgan fingerprint density at radius 1 is 0.968 bits per heavy atom. The van der Waals surface area contributed by atoms with Crippen molar-refractivity contribution >= 4 is 28.7 Å². The third kappa shape index (κ3) is 4.40. The molecule has 1 unspecified atom stereocenters. The van der Waals surface area contributed by atoms with Crippen LogP contribution in [0.4, 0.5) is 6.01 Å². The highest BCUT2D eigenvalue weighted by molar-refractivity contribution is 5.93. The SMILES string of the molecule is O=C(C1CC(CCc2ccccc2)=NO1)N1CCCN(c2nc3ccccc3o2)CC1. The average Bonchev–Trinajstić information content (AvgIpc) is 3.39. The van der Waals surface area contributed by atoms with Gasteiger partial charge in [0.1, 0.15) is 5.52 Å². The molecule has 7 nitrogen and oxygen atoms in total. The summed E-state index contributed by atoms with van der Waals surface area (Å²) in [5.41, 5.74) is 3.88. The lowest BCUT2D eigenvalue weighted by Crippen LogP contribution is -2.41. The summed E-state index contributed by atoms with van der Waals surface area (Å²) < 4.78 is 5.90. The number of nitrogens with zero attached hydrogens (tertiary/aromatic N) is 4. The van der Waals surface area contributed by atoms with Crippen molar-refractivity contribution in [2.24, 2.45) is 5.16 Å². The molecule has 1 fully saturated rings. The molecule has 2 aliphatic rings. The average molecular weight is 418 g/mol. The Labute approximate surface area is 181 Å². The number of benzene rings is 2. The molecule has 0 bridgehead atoms. The van der Waals surface area contributed by atoms with Crippen LogP contribution in [-0.2, 0) is 16.1 Å². The van der Waals surface area contributed by atoms with E-state index in [2.05, 4.69) is 27.2 Å². The minimum Gasteiger partial charge on any atom is -0.423 e. The van der Waals surface area contributed by atoms with Crippen molar-refractivity contribution in [3.05, 3.63) is 60.2 Å². The van der Waals surface area contributed by atoms with E-state index in [0.29, 0.717) is 32.1 Å². The number of amides is 1. The van der Waals surface area contributed by atoms with Gasteiger partial charge in [-0.25, -0.2) is 0 Å². The van der Waals surface area contributed by atoms with Crippen LogP contribution in [0.25, 0.3) is 11.1 Å². The predicted octanol–water partition coefficient (Wildman–Crippen LogP) is 3.64. The first-order valence-corrected chi connectivity index (χ1v) is 10.9. The first-order valence-electron chi connectivity index (χ1n) is 10.9. The molecule has 160 valence electrons. The zero-order valence-electron chi connectivity index (χ0n) is 17.4. The molecule has 0 spiro atoms. The van der Waals surface area contributed by atoms with Crippen LogP contribution >= 0.6 is 0 Å². The minimum atomic E-state index is -0.498. The van der Waals surface area contributed by atoms with Crippen LogP contribution in [0.5, 0.6) is 0 Å². The lowest BCUT2D eigenvalue weighted by atomic mass is 10.0. The monoisotopic (exact) mass is 418 g/mol. The van der Waals surface area contributed by atoms with Crippen LogP contribution in [0.3, 0.4) is 0 Å². The molecule has 1 saturated heterocycles. The third-order valence-corrected chi connectivity index (χ3v) is 5.91. The number of aromatic nitrogens is 1. The summed E-state index contributed by atoms with van der Waals surface area (Å²) in [5.74, 6) is 0.0258. The summed E-state index contributed by atoms with van der Waals surface area (Å²) in [6.07, 6.45) is 2.67. The molecular weight excluding hydrogens is 392 g/mol. The van der Waals surface area contributed by atoms with Crippen LogP contribution in [-0.4, -0.2) is 53.8 Å². The van der Waals surface area contributed by atoms with Gasteiger partial charge in [0.15, 0.2) is 5.58 Å². The van der Waals surface area contributed by atoms with E-state index in [4.69, 9.17) is 9.25 Å². The number of aryl methyl sites for hydroxylation is 1. The zero-order valence-corrected chi connectivity index (χ0v) is 17.4. The zero-order chi connectivity index (χ0) is 21.0. The van der Waals surface area contributed by atoms with Crippen LogP contribution in [0, 0.1) is 0 Å². The number of fused-ring (bicyclic) bond motifs is 1. The summed E-state index contributed by atoms with van der Waals surface area (Å²) in [4.78, 5) is 27.1. The second-order valence-corrected chi connectivity index (χ2v) is 8.07.